The molecule has 1 saturated heterocycles. The lowest BCUT2D eigenvalue weighted by molar-refractivity contribution is -0.137. The lowest BCUT2D eigenvalue weighted by Gasteiger charge is -2.36. The van der Waals surface area contributed by atoms with E-state index in [2.05, 4.69) is 27.3 Å². The Hall–Kier alpha value is -1.46. The molecule has 0 aliphatic carbocycles. The summed E-state index contributed by atoms with van der Waals surface area (Å²) in [6.07, 6.45) is 5.61. The number of unbranched alkanes of at least 4 members (excludes halogenated alkanes) is 1. The monoisotopic (exact) mass is 263 g/mol. The summed E-state index contributed by atoms with van der Waals surface area (Å²) in [5.74, 6) is -0.703. The molecule has 1 aromatic heterocycles. The molecule has 1 fully saturated rings. The van der Waals surface area contributed by atoms with Gasteiger partial charge < -0.3 is 10.4 Å². The summed E-state index contributed by atoms with van der Waals surface area (Å²) >= 11 is 0. The zero-order valence-corrected chi connectivity index (χ0v) is 11.1. The van der Waals surface area contributed by atoms with E-state index in [-0.39, 0.29) is 6.42 Å². The average Bonchev–Trinajstić information content (AvgIpc) is 2.45. The first-order chi connectivity index (χ1) is 9.27. The lowest BCUT2D eigenvalue weighted by atomic mass is 10.0. The number of nitrogens with zero attached hydrogens (tertiary/aromatic N) is 2. The second-order valence-corrected chi connectivity index (χ2v) is 4.89. The third-order valence-corrected chi connectivity index (χ3v) is 3.53. The third-order valence-electron chi connectivity index (χ3n) is 3.53. The molecule has 2 rings (SSSR count). The first kappa shape index (κ1) is 14.0. The van der Waals surface area contributed by atoms with Gasteiger partial charge in [-0.25, -0.2) is 0 Å². The predicted molar refractivity (Wildman–Crippen MR) is 72.9 cm³/mol. The predicted octanol–water partition coefficient (Wildman–Crippen LogP) is 1.28. The molecule has 0 amide bonds. The molecular formula is C14H21N3O2. The number of carboxylic acids is 1. The maximum atomic E-state index is 10.5. The van der Waals surface area contributed by atoms with E-state index in [4.69, 9.17) is 5.11 Å². The number of piperazine rings is 1. The third kappa shape index (κ3) is 4.29. The fraction of sp³-hybridized carbons (Fsp3) is 0.571. The van der Waals surface area contributed by atoms with Crippen LogP contribution >= 0.6 is 0 Å². The summed E-state index contributed by atoms with van der Waals surface area (Å²) in [5.41, 5.74) is 1.28. The highest BCUT2D eigenvalue weighted by molar-refractivity contribution is 5.66. The van der Waals surface area contributed by atoms with Crippen molar-refractivity contribution in [3.63, 3.8) is 0 Å². The van der Waals surface area contributed by atoms with Crippen LogP contribution in [0.2, 0.25) is 0 Å². The van der Waals surface area contributed by atoms with Crippen LogP contribution in [0.4, 0.5) is 0 Å². The van der Waals surface area contributed by atoms with Crippen LogP contribution in [-0.2, 0) is 4.79 Å². The second kappa shape index (κ2) is 7.21. The van der Waals surface area contributed by atoms with Crippen molar-refractivity contribution in [1.82, 2.24) is 15.2 Å². The minimum atomic E-state index is -0.703. The summed E-state index contributed by atoms with van der Waals surface area (Å²) in [4.78, 5) is 17.0. The summed E-state index contributed by atoms with van der Waals surface area (Å²) in [5, 5.41) is 12.1. The summed E-state index contributed by atoms with van der Waals surface area (Å²) in [6.45, 7) is 3.92. The van der Waals surface area contributed by atoms with Crippen LogP contribution in [-0.4, -0.2) is 47.1 Å². The van der Waals surface area contributed by atoms with Crippen molar-refractivity contribution in [3.8, 4) is 0 Å². The van der Waals surface area contributed by atoms with Crippen LogP contribution in [0.3, 0.4) is 0 Å². The Bertz CT molecular complexity index is 397. The molecule has 0 aromatic carbocycles. The molecule has 5 heteroatoms. The van der Waals surface area contributed by atoms with Gasteiger partial charge in [-0.2, -0.15) is 0 Å². The van der Waals surface area contributed by atoms with Crippen LogP contribution < -0.4 is 5.32 Å². The van der Waals surface area contributed by atoms with E-state index in [1.54, 1.807) is 0 Å². The molecule has 1 aromatic rings. The number of rotatable bonds is 6. The molecule has 0 saturated carbocycles. The largest absolute Gasteiger partial charge is 0.481 e. The normalized spacial score (nSPS) is 20.3. The van der Waals surface area contributed by atoms with Gasteiger partial charge in [0.05, 0.1) is 0 Å². The highest BCUT2D eigenvalue weighted by Crippen LogP contribution is 2.21. The summed E-state index contributed by atoms with van der Waals surface area (Å²) < 4.78 is 0. The van der Waals surface area contributed by atoms with E-state index < -0.39 is 5.97 Å². The van der Waals surface area contributed by atoms with Crippen molar-refractivity contribution < 1.29 is 9.90 Å². The fourth-order valence-corrected chi connectivity index (χ4v) is 2.52. The molecule has 104 valence electrons. The van der Waals surface area contributed by atoms with Gasteiger partial charge in [-0.1, -0.05) is 0 Å². The standard InChI is InChI=1S/C14H21N3O2/c18-14(19)3-1-2-9-17-10-8-16-11-13(17)12-4-6-15-7-5-12/h4-7,13,16H,1-3,8-11H2,(H,18,19). The Balaban J connectivity index is 1.87. The van der Waals surface area contributed by atoms with Crippen molar-refractivity contribution in [1.29, 1.82) is 0 Å². The van der Waals surface area contributed by atoms with E-state index in [1.807, 2.05) is 12.4 Å². The number of aliphatic carboxylic acids is 1. The molecule has 0 radical (unpaired) electrons. The smallest absolute Gasteiger partial charge is 0.303 e. The van der Waals surface area contributed by atoms with E-state index in [0.29, 0.717) is 6.04 Å². The molecule has 0 spiro atoms. The number of hydrogen-bond donors (Lipinski definition) is 2. The van der Waals surface area contributed by atoms with Gasteiger partial charge >= 0.3 is 5.97 Å². The van der Waals surface area contributed by atoms with Gasteiger partial charge in [0.2, 0.25) is 0 Å². The zero-order chi connectivity index (χ0) is 13.5. The molecule has 1 aliphatic rings. The van der Waals surface area contributed by atoms with Crippen LogP contribution in [0.15, 0.2) is 24.5 Å². The Morgan fingerprint density at radius 3 is 2.95 bits per heavy atom. The fourth-order valence-electron chi connectivity index (χ4n) is 2.52. The van der Waals surface area contributed by atoms with Crippen LogP contribution in [0.1, 0.15) is 30.9 Å². The van der Waals surface area contributed by atoms with Gasteiger partial charge in [-0.3, -0.25) is 14.7 Å². The molecule has 2 heterocycles. The van der Waals surface area contributed by atoms with Gasteiger partial charge in [0, 0.05) is 44.5 Å². The van der Waals surface area contributed by atoms with Gasteiger partial charge in [0.1, 0.15) is 0 Å². The highest BCUT2D eigenvalue weighted by Gasteiger charge is 2.22. The van der Waals surface area contributed by atoms with Crippen LogP contribution in [0.25, 0.3) is 0 Å². The molecule has 2 N–H and O–H groups in total. The van der Waals surface area contributed by atoms with Crippen molar-refractivity contribution >= 4 is 5.97 Å². The molecule has 1 aliphatic heterocycles. The quantitative estimate of drug-likeness (QED) is 0.757. The van der Waals surface area contributed by atoms with Gasteiger partial charge in [0.15, 0.2) is 0 Å². The summed E-state index contributed by atoms with van der Waals surface area (Å²) in [6, 6.07) is 4.49. The van der Waals surface area contributed by atoms with E-state index >= 15 is 0 Å². The number of hydrogen-bond acceptors (Lipinski definition) is 4. The molecule has 5 nitrogen and oxygen atoms in total. The number of nitrogens with one attached hydrogen (secondary N) is 1. The second-order valence-electron chi connectivity index (χ2n) is 4.89. The Morgan fingerprint density at radius 2 is 2.21 bits per heavy atom. The van der Waals surface area contributed by atoms with E-state index in [1.165, 1.54) is 5.56 Å². The van der Waals surface area contributed by atoms with Gasteiger partial charge in [-0.15, -0.1) is 0 Å². The van der Waals surface area contributed by atoms with E-state index in [0.717, 1.165) is 39.0 Å². The number of carbonyl (C=O) groups is 1. The molecule has 1 atom stereocenters. The van der Waals surface area contributed by atoms with Crippen LogP contribution in [0.5, 0.6) is 0 Å². The Morgan fingerprint density at radius 1 is 1.42 bits per heavy atom. The van der Waals surface area contributed by atoms with Crippen molar-refractivity contribution in [3.05, 3.63) is 30.1 Å². The van der Waals surface area contributed by atoms with Crippen molar-refractivity contribution in [2.75, 3.05) is 26.2 Å². The minimum absolute atomic E-state index is 0.270. The number of pyridine rings is 1. The van der Waals surface area contributed by atoms with Gasteiger partial charge in [-0.05, 0) is 37.1 Å². The minimum Gasteiger partial charge on any atom is -0.481 e. The maximum Gasteiger partial charge on any atom is 0.303 e. The van der Waals surface area contributed by atoms with Gasteiger partial charge in [0.25, 0.3) is 0 Å². The van der Waals surface area contributed by atoms with E-state index in [9.17, 15) is 4.79 Å². The lowest BCUT2D eigenvalue weighted by Crippen LogP contribution is -2.46. The SMILES string of the molecule is O=C(O)CCCCN1CCNCC1c1ccncc1. The number of aromatic nitrogens is 1. The Kier molecular flexibility index (Phi) is 5.30. The van der Waals surface area contributed by atoms with Crippen LogP contribution in [0, 0.1) is 0 Å². The Labute approximate surface area is 113 Å². The summed E-state index contributed by atoms with van der Waals surface area (Å²) in [7, 11) is 0. The number of carboxylic acid groups (broad SMARTS) is 1. The van der Waals surface area contributed by atoms with Crippen molar-refractivity contribution in [2.24, 2.45) is 0 Å². The molecule has 19 heavy (non-hydrogen) atoms. The zero-order valence-electron chi connectivity index (χ0n) is 11.1. The highest BCUT2D eigenvalue weighted by atomic mass is 16.4. The first-order valence-corrected chi connectivity index (χ1v) is 6.84. The average molecular weight is 263 g/mol. The molecular weight excluding hydrogens is 242 g/mol. The first-order valence-electron chi connectivity index (χ1n) is 6.84. The van der Waals surface area contributed by atoms with Crippen molar-refractivity contribution in [2.45, 2.75) is 25.3 Å². The maximum absolute atomic E-state index is 10.5. The molecule has 0 bridgehead atoms. The molecule has 1 unspecified atom stereocenters. The topological polar surface area (TPSA) is 65.5 Å².